The largest absolute Gasteiger partial charge is 0.409 e. The van der Waals surface area contributed by atoms with Crippen LogP contribution in [0.5, 0.6) is 0 Å². The van der Waals surface area contributed by atoms with Crippen LogP contribution in [0, 0.1) is 5.92 Å². The van der Waals surface area contributed by atoms with E-state index in [9.17, 15) is 31.1 Å². The molecule has 0 bridgehead atoms. The predicted molar refractivity (Wildman–Crippen MR) is 52.0 cm³/mol. The Morgan fingerprint density at radius 2 is 1.42 bits per heavy atom. The van der Waals surface area contributed by atoms with Gasteiger partial charge in [-0.1, -0.05) is 0 Å². The van der Waals surface area contributed by atoms with Crippen molar-refractivity contribution in [3.63, 3.8) is 0 Å². The lowest BCUT2D eigenvalue weighted by molar-refractivity contribution is -0.274. The van der Waals surface area contributed by atoms with E-state index in [0.717, 1.165) is 0 Å². The van der Waals surface area contributed by atoms with E-state index in [1.807, 2.05) is 0 Å². The summed E-state index contributed by atoms with van der Waals surface area (Å²) >= 11 is 0. The number of carbonyl (C=O) groups excluding carboxylic acids is 1. The minimum Gasteiger partial charge on any atom is -0.393 e. The molecule has 112 valence electrons. The third-order valence-corrected chi connectivity index (χ3v) is 2.96. The van der Waals surface area contributed by atoms with Crippen molar-refractivity contribution < 1.29 is 36.2 Å². The highest BCUT2D eigenvalue weighted by Gasteiger charge is 2.61. The summed E-state index contributed by atoms with van der Waals surface area (Å²) in [7, 11) is 0. The molecule has 1 amide bonds. The molecule has 1 saturated carbocycles. The monoisotopic (exact) mass is 293 g/mol. The van der Waals surface area contributed by atoms with Gasteiger partial charge in [0.25, 0.3) is 0 Å². The van der Waals surface area contributed by atoms with Gasteiger partial charge in [0, 0.05) is 6.04 Å². The summed E-state index contributed by atoms with van der Waals surface area (Å²) in [6.07, 6.45) is -11.1. The Morgan fingerprint density at radius 1 is 1.00 bits per heavy atom. The standard InChI is InChI=1S/C10H13F6NO2/c11-9(12,13)7(10(14,15)16)8(19)17-5-1-3-6(18)4-2-5/h5-7,18H,1-4H2,(H,17,19). The van der Waals surface area contributed by atoms with Crippen LogP contribution in [0.15, 0.2) is 0 Å². The van der Waals surface area contributed by atoms with Crippen LogP contribution in [0.25, 0.3) is 0 Å². The average Bonchev–Trinajstić information content (AvgIpc) is 2.16. The second kappa shape index (κ2) is 5.56. The number of hydrogen-bond acceptors (Lipinski definition) is 2. The summed E-state index contributed by atoms with van der Waals surface area (Å²) in [6.45, 7) is 0. The minimum atomic E-state index is -5.67. The maximum atomic E-state index is 12.3. The molecule has 2 N–H and O–H groups in total. The lowest BCUT2D eigenvalue weighted by atomic mass is 9.92. The molecule has 9 heteroatoms. The zero-order valence-corrected chi connectivity index (χ0v) is 9.68. The van der Waals surface area contributed by atoms with Crippen LogP contribution in [0.3, 0.4) is 0 Å². The predicted octanol–water partition coefficient (Wildman–Crippen LogP) is 2.15. The molecule has 0 aromatic carbocycles. The van der Waals surface area contributed by atoms with Crippen LogP contribution < -0.4 is 5.32 Å². The Hall–Kier alpha value is -0.990. The van der Waals surface area contributed by atoms with Crippen LogP contribution >= 0.6 is 0 Å². The number of amides is 1. The van der Waals surface area contributed by atoms with Crippen LogP contribution in [0.2, 0.25) is 0 Å². The van der Waals surface area contributed by atoms with Crippen LogP contribution in [-0.2, 0) is 4.79 Å². The topological polar surface area (TPSA) is 49.3 Å². The fraction of sp³-hybridized carbons (Fsp3) is 0.900. The first kappa shape index (κ1) is 16.1. The minimum absolute atomic E-state index is 0.162. The van der Waals surface area contributed by atoms with Crippen molar-refractivity contribution >= 4 is 5.91 Å². The lowest BCUT2D eigenvalue weighted by Crippen LogP contribution is -2.51. The van der Waals surface area contributed by atoms with Crippen LogP contribution in [0.1, 0.15) is 25.7 Å². The molecule has 0 heterocycles. The molecule has 3 nitrogen and oxygen atoms in total. The Labute approximate surface area is 105 Å². The first-order valence-electron chi connectivity index (χ1n) is 5.63. The fourth-order valence-corrected chi connectivity index (χ4v) is 1.99. The van der Waals surface area contributed by atoms with Crippen molar-refractivity contribution in [1.82, 2.24) is 5.32 Å². The Bertz CT molecular complexity index is 305. The average molecular weight is 293 g/mol. The third kappa shape index (κ3) is 4.55. The molecule has 0 unspecified atom stereocenters. The van der Waals surface area contributed by atoms with E-state index >= 15 is 0 Å². The molecule has 1 aliphatic carbocycles. The molecule has 1 fully saturated rings. The van der Waals surface area contributed by atoms with Crippen molar-refractivity contribution in [3.05, 3.63) is 0 Å². The number of hydrogen-bond donors (Lipinski definition) is 2. The van der Waals surface area contributed by atoms with Crippen molar-refractivity contribution in [2.75, 3.05) is 0 Å². The maximum Gasteiger partial charge on any atom is 0.409 e. The van der Waals surface area contributed by atoms with Gasteiger partial charge < -0.3 is 10.4 Å². The van der Waals surface area contributed by atoms with Crippen molar-refractivity contribution in [2.24, 2.45) is 5.92 Å². The van der Waals surface area contributed by atoms with E-state index in [-0.39, 0.29) is 25.7 Å². The Balaban J connectivity index is 2.68. The third-order valence-electron chi connectivity index (χ3n) is 2.96. The molecule has 1 aliphatic rings. The molecule has 0 spiro atoms. The number of alkyl halides is 6. The first-order valence-corrected chi connectivity index (χ1v) is 5.63. The highest BCUT2D eigenvalue weighted by molar-refractivity contribution is 5.80. The van der Waals surface area contributed by atoms with Gasteiger partial charge in [0.2, 0.25) is 11.8 Å². The van der Waals surface area contributed by atoms with E-state index in [1.54, 1.807) is 5.32 Å². The van der Waals surface area contributed by atoms with Gasteiger partial charge in [0.05, 0.1) is 6.10 Å². The van der Waals surface area contributed by atoms with Gasteiger partial charge in [-0.3, -0.25) is 4.79 Å². The number of carbonyl (C=O) groups is 1. The normalized spacial score (nSPS) is 25.5. The van der Waals surface area contributed by atoms with E-state index in [4.69, 9.17) is 5.11 Å². The summed E-state index contributed by atoms with van der Waals surface area (Å²) in [4.78, 5) is 11.2. The summed E-state index contributed by atoms with van der Waals surface area (Å²) < 4.78 is 73.6. The molecule has 0 aromatic heterocycles. The summed E-state index contributed by atoms with van der Waals surface area (Å²) in [5.74, 6) is -6.09. The highest BCUT2D eigenvalue weighted by Crippen LogP contribution is 2.39. The van der Waals surface area contributed by atoms with Crippen molar-refractivity contribution in [1.29, 1.82) is 0 Å². The fourth-order valence-electron chi connectivity index (χ4n) is 1.99. The second-order valence-electron chi connectivity index (χ2n) is 4.53. The molecule has 0 aliphatic heterocycles. The number of nitrogens with one attached hydrogen (secondary N) is 1. The zero-order chi connectivity index (χ0) is 14.8. The second-order valence-corrected chi connectivity index (χ2v) is 4.53. The summed E-state index contributed by atoms with van der Waals surface area (Å²) in [5.41, 5.74) is 0. The van der Waals surface area contributed by atoms with E-state index < -0.39 is 36.3 Å². The van der Waals surface area contributed by atoms with Gasteiger partial charge in [-0.15, -0.1) is 0 Å². The number of halogens is 6. The maximum absolute atomic E-state index is 12.3. The van der Waals surface area contributed by atoms with Crippen molar-refractivity contribution in [3.8, 4) is 0 Å². The molecule has 19 heavy (non-hydrogen) atoms. The summed E-state index contributed by atoms with van der Waals surface area (Å²) in [5, 5.41) is 10.9. The van der Waals surface area contributed by atoms with E-state index in [2.05, 4.69) is 0 Å². The van der Waals surface area contributed by atoms with Gasteiger partial charge in [-0.25, -0.2) is 0 Å². The van der Waals surface area contributed by atoms with Gasteiger partial charge in [0.1, 0.15) is 0 Å². The number of rotatable bonds is 2. The Morgan fingerprint density at radius 3 is 1.79 bits per heavy atom. The van der Waals surface area contributed by atoms with Crippen LogP contribution in [-0.4, -0.2) is 35.5 Å². The molecule has 0 saturated heterocycles. The van der Waals surface area contributed by atoms with Crippen molar-refractivity contribution in [2.45, 2.75) is 50.2 Å². The van der Waals surface area contributed by atoms with Gasteiger partial charge in [-0.05, 0) is 25.7 Å². The Kier molecular flexibility index (Phi) is 4.70. The molecular formula is C10H13F6NO2. The molecule has 0 radical (unpaired) electrons. The SMILES string of the molecule is O=C(NC1CCC(O)CC1)C(C(F)(F)F)C(F)(F)F. The van der Waals surface area contributed by atoms with E-state index in [0.29, 0.717) is 0 Å². The molecule has 0 aromatic rings. The number of aliphatic hydroxyl groups excluding tert-OH is 1. The molecule has 1 rings (SSSR count). The molecular weight excluding hydrogens is 280 g/mol. The van der Waals surface area contributed by atoms with Gasteiger partial charge in [-0.2, -0.15) is 26.3 Å². The van der Waals surface area contributed by atoms with E-state index in [1.165, 1.54) is 0 Å². The summed E-state index contributed by atoms with van der Waals surface area (Å²) in [6, 6.07) is -0.761. The molecule has 0 atom stereocenters. The van der Waals surface area contributed by atoms with Gasteiger partial charge >= 0.3 is 12.4 Å². The smallest absolute Gasteiger partial charge is 0.393 e. The first-order chi connectivity index (χ1) is 8.51. The highest BCUT2D eigenvalue weighted by atomic mass is 19.4. The lowest BCUT2D eigenvalue weighted by Gasteiger charge is -2.29. The zero-order valence-electron chi connectivity index (χ0n) is 9.68. The quantitative estimate of drug-likeness (QED) is 0.766. The number of aliphatic hydroxyl groups is 1. The van der Waals surface area contributed by atoms with Crippen LogP contribution in [0.4, 0.5) is 26.3 Å². The van der Waals surface area contributed by atoms with Gasteiger partial charge in [0.15, 0.2) is 0 Å².